The third-order valence-electron chi connectivity index (χ3n) is 3.02. The lowest BCUT2D eigenvalue weighted by Crippen LogP contribution is -2.14. The van der Waals surface area contributed by atoms with Gasteiger partial charge in [0.05, 0.1) is 13.2 Å². The van der Waals surface area contributed by atoms with E-state index in [0.717, 1.165) is 16.7 Å². The summed E-state index contributed by atoms with van der Waals surface area (Å²) in [7, 11) is 0. The van der Waals surface area contributed by atoms with Gasteiger partial charge in [-0.25, -0.2) is 0 Å². The summed E-state index contributed by atoms with van der Waals surface area (Å²) < 4.78 is 7.46. The number of hydrogen-bond donors (Lipinski definition) is 0. The Hall–Kier alpha value is -1.77. The smallest absolute Gasteiger partial charge is 0.155 e. The molecule has 0 unspecified atom stereocenters. The van der Waals surface area contributed by atoms with Crippen LogP contribution in [-0.2, 0) is 11.3 Å². The van der Waals surface area contributed by atoms with Crippen LogP contribution < -0.4 is 4.74 Å². The van der Waals surface area contributed by atoms with Gasteiger partial charge in [0, 0.05) is 23.0 Å². The van der Waals surface area contributed by atoms with Crippen LogP contribution in [0.25, 0.3) is 10.9 Å². The number of benzene rings is 1. The third kappa shape index (κ3) is 2.55. The lowest BCUT2D eigenvalue weighted by molar-refractivity contribution is -0.122. The van der Waals surface area contributed by atoms with Crippen LogP contribution in [0.5, 0.6) is 5.75 Å². The minimum Gasteiger partial charge on any atom is -0.494 e. The van der Waals surface area contributed by atoms with Crippen molar-refractivity contribution in [2.45, 2.75) is 27.3 Å². The molecule has 0 saturated carbocycles. The molecule has 96 valence electrons. The van der Waals surface area contributed by atoms with Crippen LogP contribution in [0.4, 0.5) is 0 Å². The van der Waals surface area contributed by atoms with Crippen LogP contribution >= 0.6 is 0 Å². The summed E-state index contributed by atoms with van der Waals surface area (Å²) in [6.45, 7) is 6.94. The first-order valence-corrected chi connectivity index (χ1v) is 6.36. The zero-order chi connectivity index (χ0) is 13.1. The molecule has 0 aliphatic rings. The Morgan fingerprint density at radius 3 is 2.78 bits per heavy atom. The monoisotopic (exact) mass is 245 g/mol. The van der Waals surface area contributed by atoms with Crippen molar-refractivity contribution in [1.29, 1.82) is 0 Å². The number of nitrogens with zero attached hydrogens (tertiary/aromatic N) is 1. The highest BCUT2D eigenvalue weighted by Gasteiger charge is 2.10. The Balaban J connectivity index is 2.28. The average Bonchev–Trinajstić information content (AvgIpc) is 2.72. The van der Waals surface area contributed by atoms with Gasteiger partial charge in [0.2, 0.25) is 0 Å². The van der Waals surface area contributed by atoms with Crippen LogP contribution in [0.3, 0.4) is 0 Å². The van der Waals surface area contributed by atoms with E-state index >= 15 is 0 Å². The third-order valence-corrected chi connectivity index (χ3v) is 3.02. The van der Waals surface area contributed by atoms with Crippen molar-refractivity contribution in [2.75, 3.05) is 6.61 Å². The van der Waals surface area contributed by atoms with Crippen molar-refractivity contribution in [2.24, 2.45) is 5.92 Å². The molecule has 0 radical (unpaired) electrons. The van der Waals surface area contributed by atoms with Gasteiger partial charge >= 0.3 is 0 Å². The van der Waals surface area contributed by atoms with Crippen molar-refractivity contribution in [3.05, 3.63) is 30.5 Å². The normalized spacial score (nSPS) is 11.1. The fourth-order valence-electron chi connectivity index (χ4n) is 1.92. The number of ether oxygens (including phenoxy) is 1. The van der Waals surface area contributed by atoms with Gasteiger partial charge in [-0.1, -0.05) is 13.8 Å². The maximum absolute atomic E-state index is 11.8. The van der Waals surface area contributed by atoms with Gasteiger partial charge in [-0.15, -0.1) is 0 Å². The fourth-order valence-corrected chi connectivity index (χ4v) is 1.92. The minimum absolute atomic E-state index is 0.0742. The van der Waals surface area contributed by atoms with Crippen LogP contribution in [0.2, 0.25) is 0 Å². The molecular formula is C15H19NO2. The molecular weight excluding hydrogens is 226 g/mol. The summed E-state index contributed by atoms with van der Waals surface area (Å²) in [5.41, 5.74) is 1.08. The summed E-state index contributed by atoms with van der Waals surface area (Å²) in [5.74, 6) is 1.20. The van der Waals surface area contributed by atoms with Gasteiger partial charge in [-0.3, -0.25) is 4.79 Å². The molecule has 3 nitrogen and oxygen atoms in total. The molecule has 0 amide bonds. The molecule has 0 spiro atoms. The number of aromatic nitrogens is 1. The second-order valence-electron chi connectivity index (χ2n) is 4.72. The van der Waals surface area contributed by atoms with Crippen LogP contribution in [-0.4, -0.2) is 17.0 Å². The largest absolute Gasteiger partial charge is 0.494 e. The molecule has 0 fully saturated rings. The van der Waals surface area contributed by atoms with Gasteiger partial charge in [0.25, 0.3) is 0 Å². The molecule has 0 aliphatic heterocycles. The second-order valence-corrected chi connectivity index (χ2v) is 4.72. The van der Waals surface area contributed by atoms with E-state index in [1.54, 1.807) is 0 Å². The highest BCUT2D eigenvalue weighted by molar-refractivity contribution is 5.85. The van der Waals surface area contributed by atoms with E-state index in [2.05, 4.69) is 0 Å². The molecule has 0 bridgehead atoms. The Morgan fingerprint density at radius 2 is 2.11 bits per heavy atom. The summed E-state index contributed by atoms with van der Waals surface area (Å²) in [4.78, 5) is 11.8. The Kier molecular flexibility index (Phi) is 3.70. The highest BCUT2D eigenvalue weighted by atomic mass is 16.5. The molecule has 0 saturated heterocycles. The topological polar surface area (TPSA) is 31.2 Å². The summed E-state index contributed by atoms with van der Waals surface area (Å²) in [6.07, 6.45) is 1.96. The SMILES string of the molecule is CCOc1ccc2c(ccn2CC(=O)C(C)C)c1. The average molecular weight is 245 g/mol. The Bertz CT molecular complexity index is 555. The van der Waals surface area contributed by atoms with E-state index < -0.39 is 0 Å². The number of ketones is 1. The van der Waals surface area contributed by atoms with Crippen LogP contribution in [0, 0.1) is 5.92 Å². The summed E-state index contributed by atoms with van der Waals surface area (Å²) in [5, 5.41) is 1.11. The maximum Gasteiger partial charge on any atom is 0.155 e. The van der Waals surface area contributed by atoms with E-state index in [4.69, 9.17) is 4.74 Å². The first-order chi connectivity index (χ1) is 8.61. The van der Waals surface area contributed by atoms with Gasteiger partial charge in [0.1, 0.15) is 5.75 Å². The quantitative estimate of drug-likeness (QED) is 0.809. The van der Waals surface area contributed by atoms with Crippen molar-refractivity contribution in [3.63, 3.8) is 0 Å². The second kappa shape index (κ2) is 5.25. The Morgan fingerprint density at radius 1 is 1.33 bits per heavy atom. The van der Waals surface area contributed by atoms with E-state index in [1.165, 1.54) is 0 Å². The standard InChI is InChI=1S/C15H19NO2/c1-4-18-13-5-6-14-12(9-13)7-8-16(14)10-15(17)11(2)3/h5-9,11H,4,10H2,1-3H3. The van der Waals surface area contributed by atoms with E-state index in [0.29, 0.717) is 13.2 Å². The Labute approximate surface area is 107 Å². The molecule has 1 aromatic heterocycles. The molecule has 3 heteroatoms. The predicted molar refractivity (Wildman–Crippen MR) is 73.0 cm³/mol. The molecule has 0 N–H and O–H groups in total. The summed E-state index contributed by atoms with van der Waals surface area (Å²) >= 11 is 0. The molecule has 1 aromatic carbocycles. The number of hydrogen-bond acceptors (Lipinski definition) is 2. The fraction of sp³-hybridized carbons (Fsp3) is 0.400. The van der Waals surface area contributed by atoms with Crippen LogP contribution in [0.15, 0.2) is 30.5 Å². The van der Waals surface area contributed by atoms with Crippen molar-refractivity contribution >= 4 is 16.7 Å². The van der Waals surface area contributed by atoms with E-state index in [-0.39, 0.29) is 11.7 Å². The van der Waals surface area contributed by atoms with Crippen molar-refractivity contribution in [3.8, 4) is 5.75 Å². The number of rotatable bonds is 5. The highest BCUT2D eigenvalue weighted by Crippen LogP contribution is 2.22. The zero-order valence-corrected chi connectivity index (χ0v) is 11.1. The number of carbonyl (C=O) groups is 1. The van der Waals surface area contributed by atoms with Gasteiger partial charge < -0.3 is 9.30 Å². The van der Waals surface area contributed by atoms with Crippen LogP contribution in [0.1, 0.15) is 20.8 Å². The minimum atomic E-state index is 0.0742. The maximum atomic E-state index is 11.8. The van der Waals surface area contributed by atoms with Gasteiger partial charge in [-0.2, -0.15) is 0 Å². The molecule has 2 aromatic rings. The first kappa shape index (κ1) is 12.7. The lowest BCUT2D eigenvalue weighted by Gasteiger charge is -2.08. The molecule has 0 atom stereocenters. The van der Waals surface area contributed by atoms with E-state index in [1.807, 2.05) is 55.8 Å². The molecule has 1 heterocycles. The van der Waals surface area contributed by atoms with Gasteiger partial charge in [-0.05, 0) is 31.2 Å². The number of fused-ring (bicyclic) bond motifs is 1. The van der Waals surface area contributed by atoms with Crippen molar-refractivity contribution in [1.82, 2.24) is 4.57 Å². The number of Topliss-reactive ketones (excluding diaryl/α,β-unsaturated/α-hetero) is 1. The predicted octanol–water partition coefficient (Wildman–Crippen LogP) is 3.27. The van der Waals surface area contributed by atoms with E-state index in [9.17, 15) is 4.79 Å². The van der Waals surface area contributed by atoms with Gasteiger partial charge in [0.15, 0.2) is 5.78 Å². The lowest BCUT2D eigenvalue weighted by atomic mass is 10.1. The van der Waals surface area contributed by atoms with Crippen molar-refractivity contribution < 1.29 is 9.53 Å². The molecule has 0 aliphatic carbocycles. The molecule has 2 rings (SSSR count). The first-order valence-electron chi connectivity index (χ1n) is 6.36. The summed E-state index contributed by atoms with van der Waals surface area (Å²) in [6, 6.07) is 7.98. The number of carbonyl (C=O) groups excluding carboxylic acids is 1. The zero-order valence-electron chi connectivity index (χ0n) is 11.1. The molecule has 18 heavy (non-hydrogen) atoms.